The van der Waals surface area contributed by atoms with Gasteiger partial charge in [0.05, 0.1) is 13.7 Å². The fourth-order valence-electron chi connectivity index (χ4n) is 3.07. The SMILES string of the molecule is CCOc1ccc(C(=O)N[C@H](C(=O)OCc2coc(-c3ccc(OC)cc3)n2)C(C)C)cc1. The summed E-state index contributed by atoms with van der Waals surface area (Å²) in [5.41, 5.74) is 1.67. The number of oxazole rings is 1. The van der Waals surface area contributed by atoms with E-state index in [1.54, 1.807) is 43.5 Å². The van der Waals surface area contributed by atoms with Crippen LogP contribution in [-0.4, -0.2) is 36.6 Å². The van der Waals surface area contributed by atoms with Crippen LogP contribution < -0.4 is 14.8 Å². The predicted molar refractivity (Wildman–Crippen MR) is 122 cm³/mol. The second-order valence-electron chi connectivity index (χ2n) is 7.63. The van der Waals surface area contributed by atoms with Gasteiger partial charge in [0.2, 0.25) is 5.89 Å². The fourth-order valence-corrected chi connectivity index (χ4v) is 3.07. The number of nitrogens with one attached hydrogen (secondary N) is 1. The van der Waals surface area contributed by atoms with Gasteiger partial charge in [0, 0.05) is 11.1 Å². The molecule has 0 saturated carbocycles. The Hall–Kier alpha value is -3.81. The van der Waals surface area contributed by atoms with E-state index in [0.29, 0.717) is 29.5 Å². The largest absolute Gasteiger partial charge is 0.497 e. The molecule has 0 aliphatic heterocycles. The van der Waals surface area contributed by atoms with Gasteiger partial charge in [-0.15, -0.1) is 0 Å². The number of carbonyl (C=O) groups excluding carboxylic acids is 2. The number of esters is 1. The Balaban J connectivity index is 1.59. The van der Waals surface area contributed by atoms with E-state index in [2.05, 4.69) is 10.3 Å². The quantitative estimate of drug-likeness (QED) is 0.459. The van der Waals surface area contributed by atoms with Crippen molar-refractivity contribution in [3.63, 3.8) is 0 Å². The second kappa shape index (κ2) is 11.2. The highest BCUT2D eigenvalue weighted by atomic mass is 16.5. The third kappa shape index (κ3) is 6.35. The van der Waals surface area contributed by atoms with Gasteiger partial charge < -0.3 is 23.9 Å². The molecule has 0 spiro atoms. The van der Waals surface area contributed by atoms with E-state index in [-0.39, 0.29) is 18.4 Å². The van der Waals surface area contributed by atoms with Crippen molar-refractivity contribution in [3.05, 3.63) is 66.1 Å². The highest BCUT2D eigenvalue weighted by Crippen LogP contribution is 2.22. The molecule has 1 heterocycles. The van der Waals surface area contributed by atoms with Crippen molar-refractivity contribution in [1.29, 1.82) is 0 Å². The lowest BCUT2D eigenvalue weighted by molar-refractivity contribution is -0.148. The molecule has 0 radical (unpaired) electrons. The molecular weight excluding hydrogens is 424 g/mol. The monoisotopic (exact) mass is 452 g/mol. The first-order valence-electron chi connectivity index (χ1n) is 10.7. The molecule has 1 amide bonds. The Kier molecular flexibility index (Phi) is 8.07. The number of methoxy groups -OCH3 is 1. The number of hydrogen-bond donors (Lipinski definition) is 1. The number of rotatable bonds is 10. The average Bonchev–Trinajstić information content (AvgIpc) is 3.30. The molecule has 0 saturated heterocycles. The first-order valence-corrected chi connectivity index (χ1v) is 10.7. The fraction of sp³-hybridized carbons (Fsp3) is 0.320. The van der Waals surface area contributed by atoms with Crippen LogP contribution in [-0.2, 0) is 16.1 Å². The molecule has 1 atom stereocenters. The van der Waals surface area contributed by atoms with Crippen molar-refractivity contribution in [2.75, 3.05) is 13.7 Å². The molecular formula is C25H28N2O6. The van der Waals surface area contributed by atoms with Crippen molar-refractivity contribution in [1.82, 2.24) is 10.3 Å². The van der Waals surface area contributed by atoms with E-state index in [1.165, 1.54) is 6.26 Å². The van der Waals surface area contributed by atoms with E-state index in [4.69, 9.17) is 18.6 Å². The number of aromatic nitrogens is 1. The maximum absolute atomic E-state index is 12.7. The van der Waals surface area contributed by atoms with Crippen molar-refractivity contribution >= 4 is 11.9 Å². The van der Waals surface area contributed by atoms with E-state index in [1.807, 2.05) is 32.9 Å². The molecule has 3 rings (SSSR count). The van der Waals surface area contributed by atoms with Gasteiger partial charge in [0.1, 0.15) is 36.1 Å². The molecule has 0 bridgehead atoms. The Bertz CT molecular complexity index is 1060. The number of benzene rings is 2. The summed E-state index contributed by atoms with van der Waals surface area (Å²) < 4.78 is 21.4. The summed E-state index contributed by atoms with van der Waals surface area (Å²) in [5, 5.41) is 2.75. The van der Waals surface area contributed by atoms with Gasteiger partial charge in [-0.25, -0.2) is 9.78 Å². The predicted octanol–water partition coefficient (Wildman–Crippen LogP) is 4.25. The van der Waals surface area contributed by atoms with Gasteiger partial charge >= 0.3 is 5.97 Å². The molecule has 2 aromatic carbocycles. The van der Waals surface area contributed by atoms with Crippen LogP contribution in [0.5, 0.6) is 11.5 Å². The number of amides is 1. The van der Waals surface area contributed by atoms with E-state index < -0.39 is 12.0 Å². The van der Waals surface area contributed by atoms with Crippen LogP contribution in [0.15, 0.2) is 59.2 Å². The molecule has 8 heteroatoms. The van der Waals surface area contributed by atoms with Crippen LogP contribution >= 0.6 is 0 Å². The first kappa shape index (κ1) is 23.8. The van der Waals surface area contributed by atoms with Crippen LogP contribution in [0.2, 0.25) is 0 Å². The van der Waals surface area contributed by atoms with Crippen molar-refractivity contribution in [2.24, 2.45) is 5.92 Å². The minimum atomic E-state index is -0.808. The van der Waals surface area contributed by atoms with Crippen LogP contribution in [0.3, 0.4) is 0 Å². The molecule has 1 N–H and O–H groups in total. The van der Waals surface area contributed by atoms with Gasteiger partial charge in [0.15, 0.2) is 0 Å². The Labute approximate surface area is 192 Å². The van der Waals surface area contributed by atoms with Crippen LogP contribution in [0.25, 0.3) is 11.5 Å². The maximum atomic E-state index is 12.7. The highest BCUT2D eigenvalue weighted by Gasteiger charge is 2.26. The molecule has 3 aromatic rings. The summed E-state index contributed by atoms with van der Waals surface area (Å²) in [5.74, 6) is 0.737. The molecule has 0 aliphatic rings. The van der Waals surface area contributed by atoms with E-state index >= 15 is 0 Å². The summed E-state index contributed by atoms with van der Waals surface area (Å²) in [6, 6.07) is 13.2. The zero-order valence-corrected chi connectivity index (χ0v) is 19.2. The summed E-state index contributed by atoms with van der Waals surface area (Å²) >= 11 is 0. The standard InChI is InChI=1S/C25H28N2O6/c1-5-31-21-12-6-17(7-13-21)23(28)27-22(16(2)3)25(29)33-15-19-14-32-24(26-19)18-8-10-20(30-4)11-9-18/h6-14,16,22H,5,15H2,1-4H3,(H,27,28)/t22-/m0/s1. The minimum absolute atomic E-state index is 0.0688. The average molecular weight is 453 g/mol. The van der Waals surface area contributed by atoms with Crippen molar-refractivity contribution < 1.29 is 28.2 Å². The summed E-state index contributed by atoms with van der Waals surface area (Å²) in [4.78, 5) is 29.7. The topological polar surface area (TPSA) is 99.9 Å². The molecule has 1 aromatic heterocycles. The van der Waals surface area contributed by atoms with Gasteiger partial charge in [-0.2, -0.15) is 0 Å². The maximum Gasteiger partial charge on any atom is 0.329 e. The highest BCUT2D eigenvalue weighted by molar-refractivity contribution is 5.96. The lowest BCUT2D eigenvalue weighted by Crippen LogP contribution is -2.45. The first-order chi connectivity index (χ1) is 15.9. The van der Waals surface area contributed by atoms with Gasteiger partial charge in [-0.05, 0) is 61.4 Å². The molecule has 8 nitrogen and oxygen atoms in total. The zero-order chi connectivity index (χ0) is 23.8. The van der Waals surface area contributed by atoms with Crippen molar-refractivity contribution in [3.8, 4) is 23.0 Å². The summed E-state index contributed by atoms with van der Waals surface area (Å²) in [7, 11) is 1.59. The van der Waals surface area contributed by atoms with Crippen LogP contribution in [0, 0.1) is 5.92 Å². The molecule has 0 unspecified atom stereocenters. The Morgan fingerprint density at radius 2 is 1.70 bits per heavy atom. The molecule has 0 fully saturated rings. The summed E-state index contributed by atoms with van der Waals surface area (Å²) in [6.07, 6.45) is 1.44. The van der Waals surface area contributed by atoms with Gasteiger partial charge in [-0.3, -0.25) is 4.79 Å². The number of ether oxygens (including phenoxy) is 3. The smallest absolute Gasteiger partial charge is 0.329 e. The third-order valence-electron chi connectivity index (χ3n) is 4.89. The molecule has 0 aliphatic carbocycles. The number of nitrogens with zero attached hydrogens (tertiary/aromatic N) is 1. The van der Waals surface area contributed by atoms with E-state index in [0.717, 1.165) is 11.3 Å². The Morgan fingerprint density at radius 1 is 1.03 bits per heavy atom. The zero-order valence-electron chi connectivity index (χ0n) is 19.2. The van der Waals surface area contributed by atoms with Gasteiger partial charge in [-0.1, -0.05) is 13.8 Å². The van der Waals surface area contributed by atoms with Crippen molar-refractivity contribution in [2.45, 2.75) is 33.4 Å². The minimum Gasteiger partial charge on any atom is -0.497 e. The lowest BCUT2D eigenvalue weighted by Gasteiger charge is -2.20. The summed E-state index contributed by atoms with van der Waals surface area (Å²) in [6.45, 7) is 6.03. The molecule has 174 valence electrons. The second-order valence-corrected chi connectivity index (χ2v) is 7.63. The van der Waals surface area contributed by atoms with E-state index in [9.17, 15) is 9.59 Å². The van der Waals surface area contributed by atoms with Gasteiger partial charge in [0.25, 0.3) is 5.91 Å². The third-order valence-corrected chi connectivity index (χ3v) is 4.89. The normalized spacial score (nSPS) is 11.7. The Morgan fingerprint density at radius 3 is 2.30 bits per heavy atom. The van der Waals surface area contributed by atoms with Crippen LogP contribution in [0.4, 0.5) is 0 Å². The number of carbonyl (C=O) groups is 2. The number of hydrogen-bond acceptors (Lipinski definition) is 7. The van der Waals surface area contributed by atoms with Crippen LogP contribution in [0.1, 0.15) is 36.8 Å². The lowest BCUT2D eigenvalue weighted by atomic mass is 10.0. The molecule has 33 heavy (non-hydrogen) atoms.